The third kappa shape index (κ3) is 2.94. The molecule has 2 heterocycles. The van der Waals surface area contributed by atoms with Crippen LogP contribution in [0.4, 0.5) is 0 Å². The van der Waals surface area contributed by atoms with Crippen molar-refractivity contribution >= 4 is 50.3 Å². The zero-order valence-electron chi connectivity index (χ0n) is 14.5. The quantitative estimate of drug-likeness (QED) is 0.534. The molecule has 0 nitrogen and oxygen atoms in total. The summed E-state index contributed by atoms with van der Waals surface area (Å²) in [6, 6.07) is 9.57. The molecule has 0 saturated heterocycles. The van der Waals surface area contributed by atoms with Crippen molar-refractivity contribution in [1.82, 2.24) is 0 Å². The Labute approximate surface area is 139 Å². The van der Waals surface area contributed by atoms with Gasteiger partial charge in [-0.2, -0.15) is 0 Å². The minimum absolute atomic E-state index is 0.0861. The van der Waals surface area contributed by atoms with Gasteiger partial charge in [0.15, 0.2) is 0 Å². The summed E-state index contributed by atoms with van der Waals surface area (Å²) in [4.78, 5) is 0. The molecule has 0 spiro atoms. The summed E-state index contributed by atoms with van der Waals surface area (Å²) in [5.74, 6) is 0. The maximum absolute atomic E-state index is 2.42. The molecule has 0 unspecified atom stereocenters. The van der Waals surface area contributed by atoms with Gasteiger partial charge in [0.25, 0.3) is 0 Å². The smallest absolute Gasteiger partial charge is 0.000733 e. The second-order valence-electron chi connectivity index (χ2n) is 6.30. The van der Waals surface area contributed by atoms with Gasteiger partial charge in [-0.3, -0.25) is 0 Å². The first-order valence-corrected chi connectivity index (χ1v) is 14.5. The Bertz CT molecular complexity index is 691. The van der Waals surface area contributed by atoms with Crippen LogP contribution < -0.4 is 0 Å². The van der Waals surface area contributed by atoms with Crippen molar-refractivity contribution in [1.29, 1.82) is 0 Å². The van der Waals surface area contributed by atoms with Gasteiger partial charge in [0.1, 0.15) is 0 Å². The topological polar surface area (TPSA) is 0 Å². The van der Waals surface area contributed by atoms with Crippen molar-refractivity contribution in [2.24, 2.45) is 0 Å². The van der Waals surface area contributed by atoms with E-state index in [0.717, 1.165) is 0 Å². The zero-order chi connectivity index (χ0) is 16.0. The van der Waals surface area contributed by atoms with E-state index in [-0.39, 0.29) is 30.2 Å². The van der Waals surface area contributed by atoms with E-state index in [1.807, 2.05) is 0 Å². The van der Waals surface area contributed by atoms with Gasteiger partial charge >= 0.3 is 0 Å². The Morgan fingerprint density at radius 1 is 0.591 bits per heavy atom. The first-order valence-electron chi connectivity index (χ1n) is 7.84. The van der Waals surface area contributed by atoms with E-state index in [2.05, 4.69) is 65.3 Å². The van der Waals surface area contributed by atoms with Gasteiger partial charge in [-0.1, -0.05) is 24.3 Å². The Morgan fingerprint density at radius 3 is 1.14 bits per heavy atom. The molecule has 0 N–H and O–H groups in total. The van der Waals surface area contributed by atoms with Crippen LogP contribution in [0.25, 0.3) is 0 Å². The number of hydrogen-bond donors (Lipinski definition) is 0. The van der Waals surface area contributed by atoms with Crippen molar-refractivity contribution in [2.75, 3.05) is 13.3 Å². The molecule has 0 amide bonds. The number of benzene rings is 1. The fourth-order valence-electron chi connectivity index (χ4n) is 3.14. The lowest BCUT2D eigenvalue weighted by Gasteiger charge is -2.29. The average molecular weight is 366 g/mol. The molecular weight excluding hydrogens is 340 g/mol. The van der Waals surface area contributed by atoms with Crippen molar-refractivity contribution in [3.05, 3.63) is 35.4 Å². The predicted molar refractivity (Wildman–Crippen MR) is 116 cm³/mol. The molecule has 2 aliphatic heterocycles. The molecule has 118 valence electrons. The highest BCUT2D eigenvalue weighted by molar-refractivity contribution is 8.13. The van der Waals surface area contributed by atoms with Gasteiger partial charge in [0.2, 0.25) is 0 Å². The van der Waals surface area contributed by atoms with Crippen molar-refractivity contribution < 1.29 is 0 Å². The fraction of sp³-hybridized carbons (Fsp3) is 0.444. The normalized spacial score (nSPS) is 27.9. The van der Waals surface area contributed by atoms with E-state index in [1.165, 1.54) is 23.5 Å². The Morgan fingerprint density at radius 2 is 0.864 bits per heavy atom. The monoisotopic (exact) mass is 366 g/mol. The summed E-state index contributed by atoms with van der Waals surface area (Å²) >= 11 is 0. The predicted octanol–water partition coefficient (Wildman–Crippen LogP) is 6.50. The molecule has 0 aliphatic carbocycles. The third-order valence-electron chi connectivity index (χ3n) is 5.21. The lowest BCUT2D eigenvalue weighted by molar-refractivity contribution is 1.34. The first-order chi connectivity index (χ1) is 10.4. The van der Waals surface area contributed by atoms with Crippen LogP contribution >= 0.6 is 30.2 Å². The Balaban J connectivity index is 1.63. The lowest BCUT2D eigenvalue weighted by atomic mass is 10.2. The maximum atomic E-state index is 2.42. The highest BCUT2D eigenvalue weighted by Crippen LogP contribution is 2.57. The molecule has 0 saturated carbocycles. The highest BCUT2D eigenvalue weighted by atomic mass is 31.2. The van der Waals surface area contributed by atoms with Gasteiger partial charge in [-0.05, 0) is 88.1 Å². The summed E-state index contributed by atoms with van der Waals surface area (Å²) in [5, 5.41) is 7.21. The Kier molecular flexibility index (Phi) is 5.08. The van der Waals surface area contributed by atoms with Crippen molar-refractivity contribution in [3.8, 4) is 0 Å². The SMILES string of the molecule is CC1=P(C)=C(C)P1Cc1ccc(CP2C(C)=P(C)=C2C)cc1. The summed E-state index contributed by atoms with van der Waals surface area (Å²) in [6.07, 6.45) is 2.57. The van der Waals surface area contributed by atoms with E-state index in [9.17, 15) is 0 Å². The van der Waals surface area contributed by atoms with Crippen LogP contribution in [0.2, 0.25) is 0 Å². The molecular formula is C18H26P4. The second kappa shape index (κ2) is 6.58. The molecule has 1 aromatic carbocycles. The molecule has 0 radical (unpaired) electrons. The highest BCUT2D eigenvalue weighted by Gasteiger charge is 2.23. The summed E-state index contributed by atoms with van der Waals surface area (Å²) in [6.45, 7) is 14.4. The van der Waals surface area contributed by atoms with E-state index in [0.29, 0.717) is 0 Å². The number of hydrogen-bond acceptors (Lipinski definition) is 0. The summed E-state index contributed by atoms with van der Waals surface area (Å²) in [5.41, 5.74) is 3.08. The average Bonchev–Trinajstić information content (AvgIpc) is 2.56. The Hall–Kier alpha value is 0.160. The zero-order valence-corrected chi connectivity index (χ0v) is 18.1. The molecule has 4 heteroatoms. The van der Waals surface area contributed by atoms with E-state index >= 15 is 0 Å². The third-order valence-corrected chi connectivity index (χ3v) is 20.1. The summed E-state index contributed by atoms with van der Waals surface area (Å²) in [7, 11) is 0.489. The molecule has 0 fully saturated rings. The van der Waals surface area contributed by atoms with Crippen LogP contribution in [0.3, 0.4) is 0 Å². The molecule has 22 heavy (non-hydrogen) atoms. The van der Waals surface area contributed by atoms with Gasteiger partial charge in [0.05, 0.1) is 0 Å². The minimum Gasteiger partial charge on any atom is -0.121 e. The largest absolute Gasteiger partial charge is 0.121 e. The molecule has 3 rings (SSSR count). The second-order valence-corrected chi connectivity index (χ2v) is 17.7. The van der Waals surface area contributed by atoms with Gasteiger partial charge in [-0.25, -0.2) is 0 Å². The molecule has 0 bridgehead atoms. The van der Waals surface area contributed by atoms with Crippen molar-refractivity contribution in [3.63, 3.8) is 0 Å². The van der Waals surface area contributed by atoms with Gasteiger partial charge in [-0.15, -0.1) is 14.3 Å². The van der Waals surface area contributed by atoms with Crippen LogP contribution in [-0.2, 0) is 12.3 Å². The van der Waals surface area contributed by atoms with Gasteiger partial charge < -0.3 is 0 Å². The standard InChI is InChI=1S/C18H26P4/c1-13-19(5)14(2)21(13)11-17-7-9-18(10-8-17)12-22-15(3)20(6)16(22)4/h7-10H,11-12H2,1-6H3. The molecule has 1 aromatic rings. The van der Waals surface area contributed by atoms with Crippen LogP contribution in [0.1, 0.15) is 38.8 Å². The van der Waals surface area contributed by atoms with Gasteiger partial charge in [0, 0.05) is 12.3 Å². The molecule has 0 aromatic heterocycles. The van der Waals surface area contributed by atoms with Crippen LogP contribution in [0, 0.1) is 0 Å². The van der Waals surface area contributed by atoms with Crippen LogP contribution in [-0.4, -0.2) is 33.5 Å². The lowest BCUT2D eigenvalue weighted by Crippen LogP contribution is -2.08. The maximum Gasteiger partial charge on any atom is 0.000733 e. The molecule has 0 atom stereocenters. The summed E-state index contributed by atoms with van der Waals surface area (Å²) < 4.78 is 0. The number of rotatable bonds is 4. The van der Waals surface area contributed by atoms with E-state index in [1.54, 1.807) is 20.1 Å². The fourth-order valence-corrected chi connectivity index (χ4v) is 15.9. The van der Waals surface area contributed by atoms with E-state index < -0.39 is 0 Å². The van der Waals surface area contributed by atoms with Crippen LogP contribution in [0.15, 0.2) is 24.3 Å². The first kappa shape index (κ1) is 17.0. The van der Waals surface area contributed by atoms with Crippen molar-refractivity contribution in [2.45, 2.75) is 40.0 Å². The molecule has 2 aliphatic rings. The van der Waals surface area contributed by atoms with E-state index in [4.69, 9.17) is 0 Å². The minimum atomic E-state index is 0.0861. The van der Waals surface area contributed by atoms with Crippen LogP contribution in [0.5, 0.6) is 0 Å².